The van der Waals surface area contributed by atoms with Gasteiger partial charge < -0.3 is 15.3 Å². The van der Waals surface area contributed by atoms with Gasteiger partial charge in [-0.2, -0.15) is 9.78 Å². The molecule has 132 valence electrons. The van der Waals surface area contributed by atoms with Crippen LogP contribution in [0.5, 0.6) is 11.6 Å². The average molecular weight is 352 g/mol. The summed E-state index contributed by atoms with van der Waals surface area (Å²) in [7, 11) is 0. The number of carboxylic acid groups (broad SMARTS) is 1. The molecule has 1 heterocycles. The van der Waals surface area contributed by atoms with Gasteiger partial charge in [-0.3, -0.25) is 0 Å². The molecule has 0 spiro atoms. The summed E-state index contributed by atoms with van der Waals surface area (Å²) in [5.41, 5.74) is 2.33. The van der Waals surface area contributed by atoms with Gasteiger partial charge >= 0.3 is 5.97 Å². The number of carbonyl (C=O) groups is 1. The second kappa shape index (κ2) is 6.67. The van der Waals surface area contributed by atoms with E-state index in [0.29, 0.717) is 11.4 Å². The number of hydrogen-bond acceptors (Lipinski definition) is 6. The molecule has 0 aliphatic rings. The smallest absolute Gasteiger partial charge is 0.335 e. The Labute approximate surface area is 148 Å². The van der Waals surface area contributed by atoms with Gasteiger partial charge in [-0.1, -0.05) is 12.1 Å². The molecule has 0 radical (unpaired) electrons. The van der Waals surface area contributed by atoms with Crippen molar-refractivity contribution in [2.75, 3.05) is 0 Å². The van der Waals surface area contributed by atoms with Gasteiger partial charge in [-0.25, -0.2) is 4.79 Å². The first kappa shape index (κ1) is 17.2. The SMILES string of the molecule is Cc1cccc(-n2nc(C)c(N=Nc3ccc(C(=O)O)cc3O)c2O)c1. The number of azo groups is 1. The van der Waals surface area contributed by atoms with Gasteiger partial charge in [0.2, 0.25) is 5.88 Å². The van der Waals surface area contributed by atoms with Crippen LogP contribution in [0.25, 0.3) is 5.69 Å². The maximum atomic E-state index is 10.9. The fourth-order valence-corrected chi connectivity index (χ4v) is 2.41. The van der Waals surface area contributed by atoms with Crippen LogP contribution in [-0.4, -0.2) is 31.1 Å². The van der Waals surface area contributed by atoms with Crippen LogP contribution in [0.3, 0.4) is 0 Å². The van der Waals surface area contributed by atoms with Crippen molar-refractivity contribution in [1.82, 2.24) is 9.78 Å². The second-order valence-corrected chi connectivity index (χ2v) is 5.72. The lowest BCUT2D eigenvalue weighted by atomic mass is 10.2. The van der Waals surface area contributed by atoms with Crippen LogP contribution >= 0.6 is 0 Å². The molecule has 0 amide bonds. The number of phenolic OH excluding ortho intramolecular Hbond substituents is 1. The number of hydrogen-bond donors (Lipinski definition) is 3. The predicted molar refractivity (Wildman–Crippen MR) is 93.9 cm³/mol. The first-order valence-electron chi connectivity index (χ1n) is 7.70. The monoisotopic (exact) mass is 352 g/mol. The number of aromatic hydroxyl groups is 2. The predicted octanol–water partition coefficient (Wildman–Crippen LogP) is 4.01. The number of phenols is 1. The molecule has 0 fully saturated rings. The van der Waals surface area contributed by atoms with Crippen molar-refractivity contribution < 1.29 is 20.1 Å². The highest BCUT2D eigenvalue weighted by atomic mass is 16.4. The minimum Gasteiger partial charge on any atom is -0.506 e. The quantitative estimate of drug-likeness (QED) is 0.613. The summed E-state index contributed by atoms with van der Waals surface area (Å²) < 4.78 is 1.35. The van der Waals surface area contributed by atoms with E-state index >= 15 is 0 Å². The fraction of sp³-hybridized carbons (Fsp3) is 0.111. The summed E-state index contributed by atoms with van der Waals surface area (Å²) in [5.74, 6) is -1.66. The van der Waals surface area contributed by atoms with E-state index < -0.39 is 5.97 Å². The maximum absolute atomic E-state index is 10.9. The lowest BCUT2D eigenvalue weighted by molar-refractivity contribution is 0.0696. The number of aromatic nitrogens is 2. The maximum Gasteiger partial charge on any atom is 0.335 e. The zero-order valence-corrected chi connectivity index (χ0v) is 14.1. The number of aromatic carboxylic acids is 1. The Morgan fingerprint density at radius 3 is 2.50 bits per heavy atom. The summed E-state index contributed by atoms with van der Waals surface area (Å²) in [4.78, 5) is 10.9. The Kier molecular flexibility index (Phi) is 4.40. The molecule has 0 aliphatic carbocycles. The van der Waals surface area contributed by atoms with Crippen molar-refractivity contribution >= 4 is 17.3 Å². The van der Waals surface area contributed by atoms with Crippen molar-refractivity contribution in [1.29, 1.82) is 0 Å². The van der Waals surface area contributed by atoms with E-state index in [-0.39, 0.29) is 28.6 Å². The topological polar surface area (TPSA) is 120 Å². The van der Waals surface area contributed by atoms with E-state index in [1.165, 1.54) is 16.8 Å². The van der Waals surface area contributed by atoms with E-state index in [1.54, 1.807) is 13.0 Å². The minimum atomic E-state index is -1.16. The molecule has 0 aliphatic heterocycles. The summed E-state index contributed by atoms with van der Waals surface area (Å²) in [6.07, 6.45) is 0. The third-order valence-electron chi connectivity index (χ3n) is 3.73. The Bertz CT molecular complexity index is 1020. The van der Waals surface area contributed by atoms with Crippen molar-refractivity contribution in [3.8, 4) is 17.3 Å². The molecule has 0 bridgehead atoms. The number of carboxylic acids is 1. The van der Waals surface area contributed by atoms with Crippen LogP contribution in [0.1, 0.15) is 21.6 Å². The number of aryl methyl sites for hydroxylation is 2. The lowest BCUT2D eigenvalue weighted by Gasteiger charge is -2.03. The second-order valence-electron chi connectivity index (χ2n) is 5.72. The molecule has 0 unspecified atom stereocenters. The van der Waals surface area contributed by atoms with Gasteiger partial charge in [-0.05, 0) is 49.7 Å². The number of benzene rings is 2. The van der Waals surface area contributed by atoms with Gasteiger partial charge in [0.25, 0.3) is 0 Å². The standard InChI is InChI=1S/C18H16N4O4/c1-10-4-3-5-13(8-10)22-17(24)16(11(2)21-22)20-19-14-7-6-12(18(25)26)9-15(14)23/h3-9,23-24H,1-2H3,(H,25,26). The summed E-state index contributed by atoms with van der Waals surface area (Å²) in [5, 5.41) is 41.3. The Morgan fingerprint density at radius 1 is 1.08 bits per heavy atom. The van der Waals surface area contributed by atoms with E-state index in [9.17, 15) is 15.0 Å². The molecule has 3 rings (SSSR count). The van der Waals surface area contributed by atoms with Gasteiger partial charge in [0.1, 0.15) is 11.4 Å². The molecule has 3 aromatic rings. The highest BCUT2D eigenvalue weighted by Gasteiger charge is 2.16. The molecule has 26 heavy (non-hydrogen) atoms. The van der Waals surface area contributed by atoms with Gasteiger partial charge in [0.15, 0.2) is 5.69 Å². The molecule has 0 saturated heterocycles. The summed E-state index contributed by atoms with van der Waals surface area (Å²) in [6.45, 7) is 3.61. The van der Waals surface area contributed by atoms with Crippen LogP contribution in [-0.2, 0) is 0 Å². The fourth-order valence-electron chi connectivity index (χ4n) is 2.41. The van der Waals surface area contributed by atoms with Crippen LogP contribution in [0, 0.1) is 13.8 Å². The highest BCUT2D eigenvalue weighted by Crippen LogP contribution is 2.35. The Morgan fingerprint density at radius 2 is 1.85 bits per heavy atom. The van der Waals surface area contributed by atoms with Crippen molar-refractivity contribution in [3.05, 3.63) is 59.3 Å². The lowest BCUT2D eigenvalue weighted by Crippen LogP contribution is -1.96. The third kappa shape index (κ3) is 3.25. The van der Waals surface area contributed by atoms with E-state index in [4.69, 9.17) is 5.11 Å². The Hall–Kier alpha value is -3.68. The molecular weight excluding hydrogens is 336 g/mol. The zero-order valence-electron chi connectivity index (χ0n) is 14.1. The first-order valence-corrected chi connectivity index (χ1v) is 7.70. The van der Waals surface area contributed by atoms with Crippen molar-refractivity contribution in [2.24, 2.45) is 10.2 Å². The normalized spacial score (nSPS) is 11.2. The molecule has 0 saturated carbocycles. The summed E-state index contributed by atoms with van der Waals surface area (Å²) >= 11 is 0. The van der Waals surface area contributed by atoms with E-state index in [0.717, 1.165) is 11.6 Å². The van der Waals surface area contributed by atoms with Crippen LogP contribution in [0.2, 0.25) is 0 Å². The molecule has 3 N–H and O–H groups in total. The Balaban J connectivity index is 1.96. The van der Waals surface area contributed by atoms with Crippen LogP contribution in [0.15, 0.2) is 52.7 Å². The van der Waals surface area contributed by atoms with Crippen molar-refractivity contribution in [3.63, 3.8) is 0 Å². The van der Waals surface area contributed by atoms with Gasteiger partial charge in [-0.15, -0.1) is 10.2 Å². The molecule has 8 nitrogen and oxygen atoms in total. The third-order valence-corrected chi connectivity index (χ3v) is 3.73. The minimum absolute atomic E-state index is 0.0623. The first-order chi connectivity index (χ1) is 12.4. The molecule has 0 atom stereocenters. The average Bonchev–Trinajstić information content (AvgIpc) is 2.88. The zero-order chi connectivity index (χ0) is 18.8. The molecule has 8 heteroatoms. The number of rotatable bonds is 4. The highest BCUT2D eigenvalue weighted by molar-refractivity contribution is 5.88. The van der Waals surface area contributed by atoms with Gasteiger partial charge in [0.05, 0.1) is 16.9 Å². The summed E-state index contributed by atoms with van der Waals surface area (Å²) in [6, 6.07) is 11.2. The van der Waals surface area contributed by atoms with Gasteiger partial charge in [0, 0.05) is 0 Å². The van der Waals surface area contributed by atoms with Crippen molar-refractivity contribution in [2.45, 2.75) is 13.8 Å². The molecule has 1 aromatic heterocycles. The largest absolute Gasteiger partial charge is 0.506 e. The van der Waals surface area contributed by atoms with E-state index in [1.807, 2.05) is 25.1 Å². The van der Waals surface area contributed by atoms with Crippen LogP contribution in [0.4, 0.5) is 11.4 Å². The van der Waals surface area contributed by atoms with E-state index in [2.05, 4.69) is 15.3 Å². The van der Waals surface area contributed by atoms with Crippen LogP contribution < -0.4 is 0 Å². The molecular formula is C18H16N4O4. The molecule has 2 aromatic carbocycles. The number of nitrogens with zero attached hydrogens (tertiary/aromatic N) is 4.